The molecule has 1 saturated heterocycles. The van der Waals surface area contributed by atoms with Gasteiger partial charge in [-0.05, 0) is 30.3 Å². The maximum absolute atomic E-state index is 12.7. The van der Waals surface area contributed by atoms with Crippen LogP contribution in [0.1, 0.15) is 36.9 Å². The first-order valence-corrected chi connectivity index (χ1v) is 10.2. The lowest BCUT2D eigenvalue weighted by Gasteiger charge is -2.16. The van der Waals surface area contributed by atoms with Crippen LogP contribution in [0.2, 0.25) is 0 Å². The number of carbonyl (C=O) groups excluding carboxylic acids is 2. The molecule has 0 unspecified atom stereocenters. The van der Waals surface area contributed by atoms with Gasteiger partial charge in [-0.2, -0.15) is 0 Å². The summed E-state index contributed by atoms with van der Waals surface area (Å²) in [5.74, 6) is -0.0975. The van der Waals surface area contributed by atoms with Gasteiger partial charge in [0.25, 0.3) is 0 Å². The fraction of sp³-hybridized carbons (Fsp3) is 0.333. The number of likely N-dealkylation sites (tertiary alicyclic amines) is 1. The lowest BCUT2D eigenvalue weighted by Crippen LogP contribution is -2.28. The number of rotatable bonds is 5. The largest absolute Gasteiger partial charge is 0.336 e. The second-order valence-corrected chi connectivity index (χ2v) is 8.44. The number of anilines is 1. The minimum absolute atomic E-state index is 0.00899. The Hall–Kier alpha value is -2.80. The molecule has 6 nitrogen and oxygen atoms in total. The van der Waals surface area contributed by atoms with Crippen molar-refractivity contribution in [1.82, 2.24) is 14.9 Å². The standard InChI is InChI=1S/C21H22N4O2S/c1-13(2)21-24-17-7-6-15(10-18(17)28-21)23-20(27)14-9-19(26)25(11-14)12-16-5-3-4-8-22-16/h3-8,10,13-14H,9,11-12H2,1-2H3,(H,23,27)/t14-/m0/s1. The van der Waals surface area contributed by atoms with Crippen LogP contribution in [-0.2, 0) is 16.1 Å². The summed E-state index contributed by atoms with van der Waals surface area (Å²) in [6.45, 7) is 5.10. The van der Waals surface area contributed by atoms with Gasteiger partial charge in [-0.25, -0.2) is 4.98 Å². The van der Waals surface area contributed by atoms with Crippen LogP contribution >= 0.6 is 11.3 Å². The Morgan fingerprint density at radius 1 is 1.32 bits per heavy atom. The maximum Gasteiger partial charge on any atom is 0.229 e. The SMILES string of the molecule is CC(C)c1nc2ccc(NC(=O)[C@H]3CC(=O)N(Cc4ccccn4)C3)cc2s1. The van der Waals surface area contributed by atoms with Crippen LogP contribution in [0.15, 0.2) is 42.6 Å². The molecule has 28 heavy (non-hydrogen) atoms. The number of benzene rings is 1. The molecule has 1 fully saturated rings. The van der Waals surface area contributed by atoms with Crippen molar-refractivity contribution in [2.75, 3.05) is 11.9 Å². The molecule has 0 spiro atoms. The van der Waals surface area contributed by atoms with Crippen LogP contribution in [0.5, 0.6) is 0 Å². The van der Waals surface area contributed by atoms with Gasteiger partial charge in [0, 0.05) is 30.8 Å². The summed E-state index contributed by atoms with van der Waals surface area (Å²) in [5, 5.41) is 4.05. The van der Waals surface area contributed by atoms with Crippen molar-refractivity contribution in [2.45, 2.75) is 32.7 Å². The number of carbonyl (C=O) groups is 2. The predicted molar refractivity (Wildman–Crippen MR) is 110 cm³/mol. The van der Waals surface area contributed by atoms with Crippen molar-refractivity contribution in [1.29, 1.82) is 0 Å². The van der Waals surface area contributed by atoms with Crippen molar-refractivity contribution in [2.24, 2.45) is 5.92 Å². The average molecular weight is 395 g/mol. The van der Waals surface area contributed by atoms with Crippen LogP contribution in [0.25, 0.3) is 10.2 Å². The number of hydrogen-bond donors (Lipinski definition) is 1. The first-order valence-electron chi connectivity index (χ1n) is 9.38. The van der Waals surface area contributed by atoms with E-state index < -0.39 is 0 Å². The van der Waals surface area contributed by atoms with Crippen molar-refractivity contribution >= 4 is 39.1 Å². The minimum Gasteiger partial charge on any atom is -0.336 e. The van der Waals surface area contributed by atoms with Gasteiger partial charge >= 0.3 is 0 Å². The molecule has 0 aliphatic carbocycles. The summed E-state index contributed by atoms with van der Waals surface area (Å²) in [5.41, 5.74) is 2.52. The molecule has 1 aliphatic heterocycles. The molecule has 0 radical (unpaired) electrons. The van der Waals surface area contributed by atoms with Gasteiger partial charge in [-0.1, -0.05) is 19.9 Å². The van der Waals surface area contributed by atoms with Gasteiger partial charge in [0.2, 0.25) is 11.8 Å². The zero-order chi connectivity index (χ0) is 19.7. The second kappa shape index (κ2) is 7.67. The third-order valence-electron chi connectivity index (χ3n) is 4.83. The Labute approximate surface area is 167 Å². The average Bonchev–Trinajstić information content (AvgIpc) is 3.26. The van der Waals surface area contributed by atoms with E-state index in [1.54, 1.807) is 22.4 Å². The zero-order valence-corrected chi connectivity index (χ0v) is 16.7. The van der Waals surface area contributed by atoms with E-state index in [0.29, 0.717) is 19.0 Å². The number of hydrogen-bond acceptors (Lipinski definition) is 5. The summed E-state index contributed by atoms with van der Waals surface area (Å²) in [4.78, 5) is 35.6. The van der Waals surface area contributed by atoms with Gasteiger partial charge in [-0.15, -0.1) is 11.3 Å². The molecular weight excluding hydrogens is 372 g/mol. The van der Waals surface area contributed by atoms with E-state index in [9.17, 15) is 9.59 Å². The molecule has 7 heteroatoms. The van der Waals surface area contributed by atoms with Crippen LogP contribution in [0.3, 0.4) is 0 Å². The van der Waals surface area contributed by atoms with Crippen LogP contribution in [-0.4, -0.2) is 33.2 Å². The highest BCUT2D eigenvalue weighted by Gasteiger charge is 2.34. The Bertz CT molecular complexity index is 1020. The molecule has 0 saturated carbocycles. The maximum atomic E-state index is 12.7. The Morgan fingerprint density at radius 3 is 2.93 bits per heavy atom. The van der Waals surface area contributed by atoms with Crippen molar-refractivity contribution in [3.8, 4) is 0 Å². The van der Waals surface area contributed by atoms with Gasteiger partial charge in [0.1, 0.15) is 0 Å². The van der Waals surface area contributed by atoms with E-state index in [-0.39, 0.29) is 24.2 Å². The van der Waals surface area contributed by atoms with E-state index in [1.807, 2.05) is 36.4 Å². The molecule has 1 atom stereocenters. The molecular formula is C21H22N4O2S. The molecule has 4 rings (SSSR count). The lowest BCUT2D eigenvalue weighted by molar-refractivity contribution is -0.128. The van der Waals surface area contributed by atoms with Gasteiger partial charge < -0.3 is 10.2 Å². The fourth-order valence-corrected chi connectivity index (χ4v) is 4.31. The monoisotopic (exact) mass is 394 g/mol. The predicted octanol–water partition coefficient (Wildman–Crippen LogP) is 3.80. The molecule has 3 heterocycles. The topological polar surface area (TPSA) is 75.2 Å². The number of fused-ring (bicyclic) bond motifs is 1. The van der Waals surface area contributed by atoms with Crippen molar-refractivity contribution < 1.29 is 9.59 Å². The molecule has 0 bridgehead atoms. The smallest absolute Gasteiger partial charge is 0.229 e. The fourth-order valence-electron chi connectivity index (χ4n) is 3.30. The first kappa shape index (κ1) is 18.6. The van der Waals surface area contributed by atoms with Crippen molar-refractivity contribution in [3.05, 3.63) is 53.3 Å². The Kier molecular flexibility index (Phi) is 5.09. The molecule has 2 amide bonds. The quantitative estimate of drug-likeness (QED) is 0.714. The van der Waals surface area contributed by atoms with Gasteiger partial charge in [-0.3, -0.25) is 14.6 Å². The molecule has 144 valence electrons. The lowest BCUT2D eigenvalue weighted by atomic mass is 10.1. The highest BCUT2D eigenvalue weighted by Crippen LogP contribution is 2.30. The first-order chi connectivity index (χ1) is 13.5. The number of aromatic nitrogens is 2. The number of nitrogens with zero attached hydrogens (tertiary/aromatic N) is 3. The van der Waals surface area contributed by atoms with Crippen LogP contribution in [0, 0.1) is 5.92 Å². The highest BCUT2D eigenvalue weighted by molar-refractivity contribution is 7.18. The molecule has 1 N–H and O–H groups in total. The third kappa shape index (κ3) is 3.89. The Balaban J connectivity index is 1.42. The van der Waals surface area contributed by atoms with Crippen molar-refractivity contribution in [3.63, 3.8) is 0 Å². The molecule has 1 aromatic carbocycles. The van der Waals surface area contributed by atoms with Gasteiger partial charge in [0.05, 0.1) is 33.4 Å². The number of pyridine rings is 1. The molecule has 3 aromatic rings. The third-order valence-corrected chi connectivity index (χ3v) is 6.15. The van der Waals surface area contributed by atoms with E-state index in [0.717, 1.165) is 26.6 Å². The minimum atomic E-state index is -0.348. The number of amides is 2. The molecule has 2 aromatic heterocycles. The van der Waals surface area contributed by atoms with E-state index >= 15 is 0 Å². The Morgan fingerprint density at radius 2 is 2.18 bits per heavy atom. The molecule has 1 aliphatic rings. The summed E-state index contributed by atoms with van der Waals surface area (Å²) < 4.78 is 1.06. The number of nitrogens with one attached hydrogen (secondary N) is 1. The summed E-state index contributed by atoms with van der Waals surface area (Å²) in [6.07, 6.45) is 1.94. The number of thiazole rings is 1. The highest BCUT2D eigenvalue weighted by atomic mass is 32.1. The van der Waals surface area contributed by atoms with Gasteiger partial charge in [0.15, 0.2) is 0 Å². The van der Waals surface area contributed by atoms with E-state index in [2.05, 4.69) is 29.1 Å². The van der Waals surface area contributed by atoms with E-state index in [4.69, 9.17) is 0 Å². The van der Waals surface area contributed by atoms with Crippen LogP contribution in [0.4, 0.5) is 5.69 Å². The normalized spacial score (nSPS) is 16.9. The van der Waals surface area contributed by atoms with E-state index in [1.165, 1.54) is 0 Å². The van der Waals surface area contributed by atoms with Crippen LogP contribution < -0.4 is 5.32 Å². The zero-order valence-electron chi connectivity index (χ0n) is 15.9. The summed E-state index contributed by atoms with van der Waals surface area (Å²) in [7, 11) is 0. The summed E-state index contributed by atoms with van der Waals surface area (Å²) in [6, 6.07) is 11.4. The second-order valence-electron chi connectivity index (χ2n) is 7.37. The summed E-state index contributed by atoms with van der Waals surface area (Å²) >= 11 is 1.65.